The standard InChI is InChI=1S/C26H30N2O6/c29-24(28-14-15-33-17-23(28)25(30)31)12-2-1-7-13-27-26(32)34-16-22-20-10-5-3-8-18(20)19-9-4-6-11-21(19)22/h3-6,8-11,22-23H,1-2,7,12-17H2,(H,27,32)(H,30,31). The number of unbranched alkanes of at least 4 members (excludes halogenated alkanes) is 2. The van der Waals surface area contributed by atoms with Gasteiger partial charge in [0, 0.05) is 25.4 Å². The minimum absolute atomic E-state index is 0.0268. The van der Waals surface area contributed by atoms with Gasteiger partial charge in [0.25, 0.3) is 0 Å². The van der Waals surface area contributed by atoms with Crippen LogP contribution < -0.4 is 5.32 Å². The average molecular weight is 467 g/mol. The fourth-order valence-electron chi connectivity index (χ4n) is 4.67. The van der Waals surface area contributed by atoms with Crippen molar-refractivity contribution in [3.63, 3.8) is 0 Å². The van der Waals surface area contributed by atoms with Crippen molar-refractivity contribution in [3.8, 4) is 11.1 Å². The number of nitrogens with one attached hydrogen (secondary N) is 1. The monoisotopic (exact) mass is 466 g/mol. The van der Waals surface area contributed by atoms with E-state index in [2.05, 4.69) is 29.6 Å². The first-order chi connectivity index (χ1) is 16.6. The summed E-state index contributed by atoms with van der Waals surface area (Å²) in [6.07, 6.45) is 1.93. The molecule has 0 aromatic heterocycles. The molecule has 0 saturated carbocycles. The first-order valence-corrected chi connectivity index (χ1v) is 11.7. The highest BCUT2D eigenvalue weighted by atomic mass is 16.5. The van der Waals surface area contributed by atoms with Gasteiger partial charge in [-0.15, -0.1) is 0 Å². The van der Waals surface area contributed by atoms with Crippen molar-refractivity contribution in [1.82, 2.24) is 10.2 Å². The average Bonchev–Trinajstić information content (AvgIpc) is 3.18. The molecule has 2 aliphatic rings. The lowest BCUT2D eigenvalue weighted by Crippen LogP contribution is -2.52. The number of alkyl carbamates (subject to hydrolysis) is 1. The Morgan fingerprint density at radius 1 is 1.00 bits per heavy atom. The van der Waals surface area contributed by atoms with Gasteiger partial charge in [0.1, 0.15) is 6.61 Å². The summed E-state index contributed by atoms with van der Waals surface area (Å²) in [5.41, 5.74) is 4.72. The molecule has 0 bridgehead atoms. The van der Waals surface area contributed by atoms with E-state index in [4.69, 9.17) is 9.47 Å². The van der Waals surface area contributed by atoms with Crippen LogP contribution in [0.4, 0.5) is 4.79 Å². The van der Waals surface area contributed by atoms with Gasteiger partial charge in [0.05, 0.1) is 13.2 Å². The zero-order chi connectivity index (χ0) is 23.9. The number of hydrogen-bond acceptors (Lipinski definition) is 5. The van der Waals surface area contributed by atoms with Crippen molar-refractivity contribution < 1.29 is 29.0 Å². The smallest absolute Gasteiger partial charge is 0.407 e. The molecule has 2 N–H and O–H groups in total. The molecule has 2 amide bonds. The molecular formula is C26H30N2O6. The van der Waals surface area contributed by atoms with Crippen LogP contribution >= 0.6 is 0 Å². The number of carboxylic acid groups (broad SMARTS) is 1. The Labute approximate surface area is 198 Å². The van der Waals surface area contributed by atoms with Gasteiger partial charge >= 0.3 is 12.1 Å². The third kappa shape index (κ3) is 5.39. The Morgan fingerprint density at radius 3 is 2.35 bits per heavy atom. The van der Waals surface area contributed by atoms with Crippen molar-refractivity contribution in [2.45, 2.75) is 37.6 Å². The number of amides is 2. The van der Waals surface area contributed by atoms with Crippen molar-refractivity contribution in [3.05, 3.63) is 59.7 Å². The summed E-state index contributed by atoms with van der Waals surface area (Å²) in [6, 6.07) is 15.5. The van der Waals surface area contributed by atoms with Crippen LogP contribution in [0.1, 0.15) is 42.7 Å². The Bertz CT molecular complexity index is 994. The largest absolute Gasteiger partial charge is 0.480 e. The molecule has 8 nitrogen and oxygen atoms in total. The molecule has 1 aliphatic heterocycles. The lowest BCUT2D eigenvalue weighted by Gasteiger charge is -2.32. The molecular weight excluding hydrogens is 436 g/mol. The van der Waals surface area contributed by atoms with E-state index in [0.717, 1.165) is 6.42 Å². The van der Waals surface area contributed by atoms with E-state index in [9.17, 15) is 19.5 Å². The highest BCUT2D eigenvalue weighted by Gasteiger charge is 2.32. The first kappa shape index (κ1) is 23.8. The maximum atomic E-state index is 12.4. The topological polar surface area (TPSA) is 105 Å². The van der Waals surface area contributed by atoms with Crippen LogP contribution in [-0.4, -0.2) is 66.9 Å². The second-order valence-corrected chi connectivity index (χ2v) is 8.58. The van der Waals surface area contributed by atoms with Gasteiger partial charge in [-0.1, -0.05) is 55.0 Å². The fourth-order valence-corrected chi connectivity index (χ4v) is 4.67. The number of rotatable bonds is 9. The molecule has 1 fully saturated rings. The molecule has 1 unspecified atom stereocenters. The Balaban J connectivity index is 1.15. The predicted octanol–water partition coefficient (Wildman–Crippen LogP) is 3.40. The summed E-state index contributed by atoms with van der Waals surface area (Å²) in [5.74, 6) is -1.18. The summed E-state index contributed by atoms with van der Waals surface area (Å²) in [6.45, 7) is 1.43. The third-order valence-corrected chi connectivity index (χ3v) is 6.41. The van der Waals surface area contributed by atoms with Gasteiger partial charge in [-0.25, -0.2) is 9.59 Å². The van der Waals surface area contributed by atoms with Crippen molar-refractivity contribution in [2.75, 3.05) is 32.9 Å². The maximum Gasteiger partial charge on any atom is 0.407 e. The Morgan fingerprint density at radius 2 is 1.68 bits per heavy atom. The molecule has 2 aromatic rings. The van der Waals surface area contributed by atoms with E-state index in [1.807, 2.05) is 24.3 Å². The summed E-state index contributed by atoms with van der Waals surface area (Å²) in [5, 5.41) is 12.0. The van der Waals surface area contributed by atoms with Crippen LogP contribution in [0.5, 0.6) is 0 Å². The lowest BCUT2D eigenvalue weighted by molar-refractivity contribution is -0.158. The SMILES string of the molecule is O=C(NCCCCCC(=O)N1CCOCC1C(=O)O)OCC1c2ccccc2-c2ccccc21. The van der Waals surface area contributed by atoms with E-state index in [1.54, 1.807) is 0 Å². The molecule has 34 heavy (non-hydrogen) atoms. The zero-order valence-corrected chi connectivity index (χ0v) is 19.1. The molecule has 180 valence electrons. The van der Waals surface area contributed by atoms with Crippen LogP contribution in [0.15, 0.2) is 48.5 Å². The maximum absolute atomic E-state index is 12.4. The van der Waals surface area contributed by atoms with Crippen molar-refractivity contribution >= 4 is 18.0 Å². The number of carbonyl (C=O) groups is 3. The van der Waals surface area contributed by atoms with E-state index in [-0.39, 0.29) is 31.5 Å². The molecule has 0 radical (unpaired) electrons. The number of fused-ring (bicyclic) bond motifs is 3. The number of aliphatic carboxylic acids is 1. The van der Waals surface area contributed by atoms with Crippen molar-refractivity contribution in [2.24, 2.45) is 0 Å². The second-order valence-electron chi connectivity index (χ2n) is 8.58. The Kier molecular flexibility index (Phi) is 7.80. The number of morpholine rings is 1. The van der Waals surface area contributed by atoms with Gasteiger partial charge in [-0.2, -0.15) is 0 Å². The minimum atomic E-state index is -1.04. The number of carboxylic acids is 1. The molecule has 1 heterocycles. The van der Waals surface area contributed by atoms with Gasteiger partial charge in [0.15, 0.2) is 6.04 Å². The molecule has 8 heteroatoms. The third-order valence-electron chi connectivity index (χ3n) is 6.41. The van der Waals surface area contributed by atoms with Gasteiger partial charge in [-0.05, 0) is 35.1 Å². The van der Waals surface area contributed by atoms with Gasteiger partial charge in [-0.3, -0.25) is 4.79 Å². The second kappa shape index (κ2) is 11.2. The molecule has 0 spiro atoms. The lowest BCUT2D eigenvalue weighted by atomic mass is 9.98. The molecule has 1 aliphatic carbocycles. The van der Waals surface area contributed by atoms with Crippen LogP contribution in [-0.2, 0) is 19.1 Å². The Hall–Kier alpha value is -3.39. The van der Waals surface area contributed by atoms with Crippen LogP contribution in [0.2, 0.25) is 0 Å². The number of hydrogen-bond donors (Lipinski definition) is 2. The molecule has 1 atom stereocenters. The molecule has 4 rings (SSSR count). The number of ether oxygens (including phenoxy) is 2. The van der Waals surface area contributed by atoms with Crippen LogP contribution in [0.3, 0.4) is 0 Å². The quantitative estimate of drug-likeness (QED) is 0.549. The first-order valence-electron chi connectivity index (χ1n) is 11.7. The normalized spacial score (nSPS) is 17.1. The summed E-state index contributed by atoms with van der Waals surface area (Å²) >= 11 is 0. The summed E-state index contributed by atoms with van der Waals surface area (Å²) < 4.78 is 10.7. The fraction of sp³-hybridized carbons (Fsp3) is 0.423. The summed E-state index contributed by atoms with van der Waals surface area (Å²) in [4.78, 5) is 37.2. The van der Waals surface area contributed by atoms with E-state index >= 15 is 0 Å². The van der Waals surface area contributed by atoms with Crippen molar-refractivity contribution in [1.29, 1.82) is 0 Å². The van der Waals surface area contributed by atoms with Gasteiger partial charge in [0.2, 0.25) is 5.91 Å². The van der Waals surface area contributed by atoms with Gasteiger partial charge < -0.3 is 24.8 Å². The van der Waals surface area contributed by atoms with E-state index < -0.39 is 18.1 Å². The van der Waals surface area contributed by atoms with E-state index in [0.29, 0.717) is 32.5 Å². The molecule has 2 aromatic carbocycles. The predicted molar refractivity (Wildman–Crippen MR) is 125 cm³/mol. The number of carbonyl (C=O) groups excluding carboxylic acids is 2. The number of benzene rings is 2. The highest BCUT2D eigenvalue weighted by Crippen LogP contribution is 2.44. The molecule has 1 saturated heterocycles. The van der Waals surface area contributed by atoms with Crippen LogP contribution in [0.25, 0.3) is 11.1 Å². The number of nitrogens with zero attached hydrogens (tertiary/aromatic N) is 1. The highest BCUT2D eigenvalue weighted by molar-refractivity contribution is 5.84. The van der Waals surface area contributed by atoms with E-state index in [1.165, 1.54) is 27.2 Å². The minimum Gasteiger partial charge on any atom is -0.480 e. The van der Waals surface area contributed by atoms with Crippen LogP contribution in [0, 0.1) is 0 Å². The summed E-state index contributed by atoms with van der Waals surface area (Å²) in [7, 11) is 0. The zero-order valence-electron chi connectivity index (χ0n) is 19.1.